The number of carboxylic acid groups (broad SMARTS) is 1. The minimum absolute atomic E-state index is 0.0501. The van der Waals surface area contributed by atoms with Gasteiger partial charge < -0.3 is 30.8 Å². The van der Waals surface area contributed by atoms with Gasteiger partial charge in [-0.15, -0.1) is 46.2 Å². The summed E-state index contributed by atoms with van der Waals surface area (Å²) in [5.41, 5.74) is 5.39. The largest absolute Gasteiger partial charge is 0.477 e. The minimum atomic E-state index is -1.27. The number of benzene rings is 1. The van der Waals surface area contributed by atoms with Crippen LogP contribution in [0.1, 0.15) is 5.69 Å². The Hall–Kier alpha value is -3.80. The van der Waals surface area contributed by atoms with Gasteiger partial charge in [0.15, 0.2) is 27.8 Å². The Morgan fingerprint density at radius 3 is 2.73 bits per heavy atom. The van der Waals surface area contributed by atoms with Gasteiger partial charge in [-0.1, -0.05) is 5.16 Å². The van der Waals surface area contributed by atoms with Crippen LogP contribution in [0.4, 0.5) is 5.13 Å². The van der Waals surface area contributed by atoms with E-state index in [2.05, 4.69) is 15.5 Å². The SMILES string of the molecule is Nc1nc(/C(=N\O)C(=O)N[C@@H]2C(=O)N3C(C(=O)O)=C(CSc4cc(=O)c5cc6c(cc5s4)OCO6)CS[C@H]23)cs1. The van der Waals surface area contributed by atoms with Crippen LogP contribution in [0.2, 0.25) is 0 Å². The highest BCUT2D eigenvalue weighted by atomic mass is 32.2. The van der Waals surface area contributed by atoms with Gasteiger partial charge in [-0.2, -0.15) is 0 Å². The van der Waals surface area contributed by atoms with E-state index in [0.717, 1.165) is 16.2 Å². The average Bonchev–Trinajstić information content (AvgIpc) is 3.57. The van der Waals surface area contributed by atoms with Gasteiger partial charge in [-0.25, -0.2) is 9.78 Å². The highest BCUT2D eigenvalue weighted by Gasteiger charge is 2.54. The number of thiazole rings is 1. The standard InChI is InChI=1S/C23H17N5O8S4/c24-23-25-10(6-39-23)16(27-34)19(30)26-17-20(31)28-18(22(32)33)8(5-38-21(17)28)4-37-15-2-11(29)9-1-12-13(36-7-35-12)3-14(9)40-15/h1-3,6,17,21,34H,4-5,7H2,(H2,24,25)(H,26,30)(H,32,33)/b27-16+/t17-,21-/m1/s1. The predicted molar refractivity (Wildman–Crippen MR) is 149 cm³/mol. The number of carbonyl (C=O) groups is 3. The molecule has 2 aromatic heterocycles. The topological polar surface area (TPSA) is 194 Å². The van der Waals surface area contributed by atoms with Crippen molar-refractivity contribution >= 4 is 84.9 Å². The molecule has 206 valence electrons. The Morgan fingerprint density at radius 1 is 1.25 bits per heavy atom. The van der Waals surface area contributed by atoms with E-state index in [4.69, 9.17) is 15.2 Å². The van der Waals surface area contributed by atoms with Crippen molar-refractivity contribution in [3.8, 4) is 11.5 Å². The first kappa shape index (κ1) is 26.4. The fraction of sp³-hybridized carbons (Fsp3) is 0.217. The molecule has 2 atom stereocenters. The molecule has 0 spiro atoms. The summed E-state index contributed by atoms with van der Waals surface area (Å²) < 4.78 is 12.1. The highest BCUT2D eigenvalue weighted by Crippen LogP contribution is 2.43. The number of aliphatic carboxylic acids is 1. The summed E-state index contributed by atoms with van der Waals surface area (Å²) in [4.78, 5) is 55.7. The van der Waals surface area contributed by atoms with Gasteiger partial charge >= 0.3 is 5.97 Å². The number of carbonyl (C=O) groups excluding carboxylic acids is 2. The van der Waals surface area contributed by atoms with Gasteiger partial charge in [0, 0.05) is 39.1 Å². The van der Waals surface area contributed by atoms with E-state index in [1.54, 1.807) is 12.1 Å². The normalized spacial score (nSPS) is 19.9. The second-order valence-corrected chi connectivity index (χ2v) is 12.9. The third-order valence-corrected chi connectivity index (χ3v) is 10.6. The number of nitrogens with two attached hydrogens (primary N) is 1. The fourth-order valence-corrected chi connectivity index (χ4v) is 8.63. The number of nitrogens with zero attached hydrogens (tertiary/aromatic N) is 3. The van der Waals surface area contributed by atoms with Crippen molar-refractivity contribution in [2.45, 2.75) is 15.6 Å². The van der Waals surface area contributed by atoms with E-state index in [-0.39, 0.29) is 34.5 Å². The summed E-state index contributed by atoms with van der Waals surface area (Å²) in [6.45, 7) is 0.0910. The lowest BCUT2D eigenvalue weighted by molar-refractivity contribution is -0.150. The number of aromatic nitrogens is 1. The molecule has 40 heavy (non-hydrogen) atoms. The van der Waals surface area contributed by atoms with Crippen LogP contribution in [-0.4, -0.2) is 73.4 Å². The first-order chi connectivity index (χ1) is 19.2. The molecule has 1 saturated heterocycles. The average molecular weight is 620 g/mol. The molecule has 17 heteroatoms. The number of hydrogen-bond donors (Lipinski definition) is 4. The number of carboxylic acids is 1. The Kier molecular flexibility index (Phi) is 6.81. The Bertz CT molecular complexity index is 1720. The minimum Gasteiger partial charge on any atom is -0.477 e. The second-order valence-electron chi connectivity index (χ2n) is 8.56. The molecule has 0 unspecified atom stereocenters. The summed E-state index contributed by atoms with van der Waals surface area (Å²) >= 11 is 5.02. The molecule has 5 N–H and O–H groups in total. The molecule has 3 aliphatic heterocycles. The predicted octanol–water partition coefficient (Wildman–Crippen LogP) is 1.74. The number of β-lactam (4-membered cyclic amide) rings is 1. The summed E-state index contributed by atoms with van der Waals surface area (Å²) in [7, 11) is 0. The Labute approximate surface area is 240 Å². The molecule has 0 saturated carbocycles. The van der Waals surface area contributed by atoms with Crippen molar-refractivity contribution in [3.05, 3.63) is 50.8 Å². The van der Waals surface area contributed by atoms with Gasteiger partial charge in [-0.3, -0.25) is 19.3 Å². The molecule has 0 bridgehead atoms. The van der Waals surface area contributed by atoms with E-state index in [0.29, 0.717) is 37.1 Å². The number of thioether (sulfide) groups is 2. The molecule has 5 heterocycles. The summed E-state index contributed by atoms with van der Waals surface area (Å²) in [5.74, 6) is -1.12. The molecular formula is C23H17N5O8S4. The molecular weight excluding hydrogens is 603 g/mol. The monoisotopic (exact) mass is 619 g/mol. The molecule has 0 aliphatic carbocycles. The number of fused-ring (bicyclic) bond motifs is 3. The maximum Gasteiger partial charge on any atom is 0.352 e. The van der Waals surface area contributed by atoms with Crippen LogP contribution in [0, 0.1) is 0 Å². The van der Waals surface area contributed by atoms with Gasteiger partial charge in [0.1, 0.15) is 22.8 Å². The highest BCUT2D eigenvalue weighted by molar-refractivity contribution is 8.02. The number of nitrogens with one attached hydrogen (secondary N) is 1. The maximum atomic E-state index is 13.0. The van der Waals surface area contributed by atoms with Crippen molar-refractivity contribution < 1.29 is 34.2 Å². The zero-order valence-electron chi connectivity index (χ0n) is 20.0. The second kappa shape index (κ2) is 10.3. The van der Waals surface area contributed by atoms with Gasteiger partial charge in [-0.05, 0) is 11.6 Å². The third kappa shape index (κ3) is 4.53. The molecule has 13 nitrogen and oxygen atoms in total. The lowest BCUT2D eigenvalue weighted by Gasteiger charge is -2.49. The van der Waals surface area contributed by atoms with Gasteiger partial charge in [0.2, 0.25) is 6.79 Å². The van der Waals surface area contributed by atoms with Crippen LogP contribution >= 0.6 is 46.2 Å². The van der Waals surface area contributed by atoms with Crippen LogP contribution in [0.5, 0.6) is 11.5 Å². The van der Waals surface area contributed by atoms with Crippen LogP contribution in [0.25, 0.3) is 10.1 Å². The van der Waals surface area contributed by atoms with E-state index in [1.165, 1.54) is 46.3 Å². The first-order valence-corrected chi connectivity index (χ1v) is 15.1. The van der Waals surface area contributed by atoms with Gasteiger partial charge in [0.05, 0.1) is 4.21 Å². The van der Waals surface area contributed by atoms with E-state index >= 15 is 0 Å². The lowest BCUT2D eigenvalue weighted by Crippen LogP contribution is -2.71. The number of anilines is 1. The fourth-order valence-electron chi connectivity index (χ4n) is 4.37. The molecule has 3 aliphatic rings. The molecule has 6 rings (SSSR count). The molecule has 2 amide bonds. The summed E-state index contributed by atoms with van der Waals surface area (Å²) in [6, 6.07) is 3.88. The molecule has 1 aromatic carbocycles. The van der Waals surface area contributed by atoms with E-state index < -0.39 is 34.9 Å². The summed E-state index contributed by atoms with van der Waals surface area (Å²) in [5, 5.41) is 26.2. The van der Waals surface area contributed by atoms with Crippen LogP contribution < -0.4 is 26.0 Å². The number of rotatable bonds is 7. The number of hydrogen-bond acceptors (Lipinski definition) is 14. The van der Waals surface area contributed by atoms with Crippen molar-refractivity contribution in [2.24, 2.45) is 5.16 Å². The molecule has 1 fully saturated rings. The van der Waals surface area contributed by atoms with Crippen molar-refractivity contribution in [3.63, 3.8) is 0 Å². The Balaban J connectivity index is 1.19. The number of nitrogen functional groups attached to an aromatic ring is 1. The van der Waals surface area contributed by atoms with Gasteiger partial charge in [0.25, 0.3) is 11.8 Å². The lowest BCUT2D eigenvalue weighted by atomic mass is 10.0. The first-order valence-electron chi connectivity index (χ1n) is 11.4. The van der Waals surface area contributed by atoms with Crippen LogP contribution in [0.3, 0.4) is 0 Å². The van der Waals surface area contributed by atoms with Crippen LogP contribution in [-0.2, 0) is 14.4 Å². The summed E-state index contributed by atoms with van der Waals surface area (Å²) in [6.07, 6.45) is 0. The number of oxime groups is 1. The number of amides is 2. The zero-order valence-corrected chi connectivity index (χ0v) is 23.2. The Morgan fingerprint density at radius 2 is 2.02 bits per heavy atom. The van der Waals surface area contributed by atoms with Crippen molar-refractivity contribution in [1.82, 2.24) is 15.2 Å². The smallest absolute Gasteiger partial charge is 0.352 e. The number of ether oxygens (including phenoxy) is 2. The van der Waals surface area contributed by atoms with Crippen molar-refractivity contribution in [1.29, 1.82) is 0 Å². The third-order valence-electron chi connectivity index (χ3n) is 6.20. The quantitative estimate of drug-likeness (QED) is 0.0985. The zero-order chi connectivity index (χ0) is 28.1. The maximum absolute atomic E-state index is 13.0. The van der Waals surface area contributed by atoms with E-state index in [9.17, 15) is 29.5 Å². The molecule has 3 aromatic rings. The van der Waals surface area contributed by atoms with E-state index in [1.807, 2.05) is 0 Å². The van der Waals surface area contributed by atoms with Crippen LogP contribution in [0.15, 0.2) is 49.0 Å². The van der Waals surface area contributed by atoms with Crippen molar-refractivity contribution in [2.75, 3.05) is 24.0 Å². The molecule has 0 radical (unpaired) electrons.